The third kappa shape index (κ3) is 4.37. The van der Waals surface area contributed by atoms with Gasteiger partial charge in [0.25, 0.3) is 0 Å². The lowest BCUT2D eigenvalue weighted by molar-refractivity contribution is 0.308. The van der Waals surface area contributed by atoms with E-state index in [1.807, 2.05) is 12.1 Å². The van der Waals surface area contributed by atoms with Gasteiger partial charge in [-0.1, -0.05) is 53.4 Å². The molecule has 0 aliphatic carbocycles. The van der Waals surface area contributed by atoms with Crippen LogP contribution in [-0.4, -0.2) is 18.5 Å². The second-order valence-electron chi connectivity index (χ2n) is 5.20. The van der Waals surface area contributed by atoms with Gasteiger partial charge in [0.2, 0.25) is 0 Å². The standard InChI is InChI=1S/C18H23BrO2/c1-3-4-5-11-20-17-8-9-18(21-12-10-19)16-13-14(2)6-7-15(16)17/h6-9,13H,3-5,10-12H2,1-2H3. The smallest absolute Gasteiger partial charge is 0.127 e. The van der Waals surface area contributed by atoms with E-state index in [-0.39, 0.29) is 0 Å². The number of halogens is 1. The van der Waals surface area contributed by atoms with E-state index in [9.17, 15) is 0 Å². The van der Waals surface area contributed by atoms with Gasteiger partial charge in [-0.25, -0.2) is 0 Å². The molecule has 2 rings (SSSR count). The maximum atomic E-state index is 5.96. The summed E-state index contributed by atoms with van der Waals surface area (Å²) in [6.07, 6.45) is 3.53. The highest BCUT2D eigenvalue weighted by molar-refractivity contribution is 9.09. The lowest BCUT2D eigenvalue weighted by Gasteiger charge is -2.13. The molecule has 2 aromatic rings. The Morgan fingerprint density at radius 3 is 2.33 bits per heavy atom. The first-order valence-corrected chi connectivity index (χ1v) is 8.73. The Hall–Kier alpha value is -1.22. The Kier molecular flexibility index (Phi) is 6.37. The summed E-state index contributed by atoms with van der Waals surface area (Å²) >= 11 is 3.40. The molecule has 0 spiro atoms. The molecule has 0 bridgehead atoms. The number of ether oxygens (including phenoxy) is 2. The first-order valence-electron chi connectivity index (χ1n) is 7.61. The van der Waals surface area contributed by atoms with E-state index in [0.717, 1.165) is 40.6 Å². The second kappa shape index (κ2) is 8.28. The molecule has 0 atom stereocenters. The van der Waals surface area contributed by atoms with Crippen LogP contribution >= 0.6 is 15.9 Å². The number of fused-ring (bicyclic) bond motifs is 1. The highest BCUT2D eigenvalue weighted by atomic mass is 79.9. The number of aryl methyl sites for hydroxylation is 1. The van der Waals surface area contributed by atoms with Crippen LogP contribution in [0.25, 0.3) is 10.8 Å². The zero-order valence-corrected chi connectivity index (χ0v) is 14.4. The number of rotatable bonds is 8. The van der Waals surface area contributed by atoms with Crippen LogP contribution in [0.15, 0.2) is 30.3 Å². The molecule has 0 fully saturated rings. The molecular formula is C18H23BrO2. The molecule has 21 heavy (non-hydrogen) atoms. The van der Waals surface area contributed by atoms with Crippen molar-refractivity contribution in [2.75, 3.05) is 18.5 Å². The Labute approximate surface area is 135 Å². The van der Waals surface area contributed by atoms with Gasteiger partial charge in [0.05, 0.1) is 13.2 Å². The molecule has 0 aliphatic heterocycles. The quantitative estimate of drug-likeness (QED) is 0.462. The lowest BCUT2D eigenvalue weighted by Crippen LogP contribution is -2.01. The molecule has 0 saturated heterocycles. The highest BCUT2D eigenvalue weighted by Gasteiger charge is 2.08. The van der Waals surface area contributed by atoms with Gasteiger partial charge in [-0.3, -0.25) is 0 Å². The first kappa shape index (κ1) is 16.2. The minimum atomic E-state index is 0.666. The normalized spacial score (nSPS) is 10.8. The van der Waals surface area contributed by atoms with Gasteiger partial charge in [0.1, 0.15) is 11.5 Å². The van der Waals surface area contributed by atoms with Crippen LogP contribution < -0.4 is 9.47 Å². The van der Waals surface area contributed by atoms with Gasteiger partial charge in [0, 0.05) is 16.1 Å². The van der Waals surface area contributed by atoms with Crippen molar-refractivity contribution in [1.29, 1.82) is 0 Å². The van der Waals surface area contributed by atoms with Crippen molar-refractivity contribution < 1.29 is 9.47 Å². The Morgan fingerprint density at radius 1 is 0.905 bits per heavy atom. The summed E-state index contributed by atoms with van der Waals surface area (Å²) in [7, 11) is 0. The minimum Gasteiger partial charge on any atom is -0.493 e. The fourth-order valence-corrected chi connectivity index (χ4v) is 2.50. The van der Waals surface area contributed by atoms with E-state index in [0.29, 0.717) is 6.61 Å². The number of alkyl halides is 1. The van der Waals surface area contributed by atoms with Gasteiger partial charge in [-0.05, 0) is 31.5 Å². The molecule has 0 amide bonds. The molecule has 0 aromatic heterocycles. The van der Waals surface area contributed by atoms with E-state index in [2.05, 4.69) is 48.0 Å². The summed E-state index contributed by atoms with van der Waals surface area (Å²) in [5, 5.41) is 3.09. The molecular weight excluding hydrogens is 328 g/mol. The molecule has 0 N–H and O–H groups in total. The van der Waals surface area contributed by atoms with Crippen molar-refractivity contribution in [3.05, 3.63) is 35.9 Å². The van der Waals surface area contributed by atoms with E-state index in [1.54, 1.807) is 0 Å². The summed E-state index contributed by atoms with van der Waals surface area (Å²) in [4.78, 5) is 0. The number of unbranched alkanes of at least 4 members (excludes halogenated alkanes) is 2. The Balaban J connectivity index is 2.26. The fourth-order valence-electron chi connectivity index (χ4n) is 2.34. The topological polar surface area (TPSA) is 18.5 Å². The predicted octanol–water partition coefficient (Wildman–Crippen LogP) is 5.49. The maximum absolute atomic E-state index is 5.96. The number of benzene rings is 2. The second-order valence-corrected chi connectivity index (χ2v) is 6.00. The molecule has 0 aliphatic rings. The third-order valence-corrected chi connectivity index (χ3v) is 3.76. The van der Waals surface area contributed by atoms with Gasteiger partial charge in [-0.15, -0.1) is 0 Å². The maximum Gasteiger partial charge on any atom is 0.127 e. The zero-order chi connectivity index (χ0) is 15.1. The average Bonchev–Trinajstić information content (AvgIpc) is 2.50. The fraction of sp³-hybridized carbons (Fsp3) is 0.444. The zero-order valence-electron chi connectivity index (χ0n) is 12.8. The van der Waals surface area contributed by atoms with Crippen molar-refractivity contribution in [1.82, 2.24) is 0 Å². The van der Waals surface area contributed by atoms with Crippen LogP contribution in [0, 0.1) is 6.92 Å². The number of hydrogen-bond acceptors (Lipinski definition) is 2. The molecule has 0 radical (unpaired) electrons. The van der Waals surface area contributed by atoms with Crippen LogP contribution in [0.5, 0.6) is 11.5 Å². The van der Waals surface area contributed by atoms with Crippen LogP contribution in [0.1, 0.15) is 31.7 Å². The molecule has 114 valence electrons. The van der Waals surface area contributed by atoms with Gasteiger partial charge in [0.15, 0.2) is 0 Å². The predicted molar refractivity (Wildman–Crippen MR) is 93.0 cm³/mol. The van der Waals surface area contributed by atoms with Crippen molar-refractivity contribution in [3.8, 4) is 11.5 Å². The third-order valence-electron chi connectivity index (χ3n) is 3.43. The summed E-state index contributed by atoms with van der Waals surface area (Å²) < 4.78 is 11.8. The number of hydrogen-bond donors (Lipinski definition) is 0. The van der Waals surface area contributed by atoms with Crippen LogP contribution in [0.4, 0.5) is 0 Å². The Morgan fingerprint density at radius 2 is 1.62 bits per heavy atom. The summed E-state index contributed by atoms with van der Waals surface area (Å²) in [5.41, 5.74) is 1.23. The minimum absolute atomic E-state index is 0.666. The van der Waals surface area contributed by atoms with E-state index < -0.39 is 0 Å². The van der Waals surface area contributed by atoms with Crippen LogP contribution in [0.3, 0.4) is 0 Å². The first-order chi connectivity index (χ1) is 10.3. The van der Waals surface area contributed by atoms with Gasteiger partial charge >= 0.3 is 0 Å². The molecule has 0 heterocycles. The van der Waals surface area contributed by atoms with Crippen LogP contribution in [-0.2, 0) is 0 Å². The summed E-state index contributed by atoms with van der Waals surface area (Å²) in [6.45, 7) is 5.74. The average molecular weight is 351 g/mol. The molecule has 0 saturated carbocycles. The molecule has 0 unspecified atom stereocenters. The van der Waals surface area contributed by atoms with E-state index in [4.69, 9.17) is 9.47 Å². The van der Waals surface area contributed by atoms with Gasteiger partial charge < -0.3 is 9.47 Å². The summed E-state index contributed by atoms with van der Waals surface area (Å²) in [5.74, 6) is 1.88. The molecule has 2 nitrogen and oxygen atoms in total. The van der Waals surface area contributed by atoms with Crippen molar-refractivity contribution in [3.63, 3.8) is 0 Å². The lowest BCUT2D eigenvalue weighted by atomic mass is 10.1. The highest BCUT2D eigenvalue weighted by Crippen LogP contribution is 2.34. The van der Waals surface area contributed by atoms with Gasteiger partial charge in [-0.2, -0.15) is 0 Å². The van der Waals surface area contributed by atoms with Crippen LogP contribution in [0.2, 0.25) is 0 Å². The molecule has 3 heteroatoms. The molecule has 2 aromatic carbocycles. The van der Waals surface area contributed by atoms with E-state index in [1.165, 1.54) is 18.4 Å². The summed E-state index contributed by atoms with van der Waals surface area (Å²) in [6, 6.07) is 10.4. The van der Waals surface area contributed by atoms with Crippen molar-refractivity contribution >= 4 is 26.7 Å². The van der Waals surface area contributed by atoms with Crippen molar-refractivity contribution in [2.45, 2.75) is 33.1 Å². The Bertz CT molecular complexity index is 581. The monoisotopic (exact) mass is 350 g/mol. The SMILES string of the molecule is CCCCCOc1ccc(OCCBr)c2cc(C)ccc12. The van der Waals surface area contributed by atoms with E-state index >= 15 is 0 Å². The van der Waals surface area contributed by atoms with Crippen molar-refractivity contribution in [2.24, 2.45) is 0 Å². The largest absolute Gasteiger partial charge is 0.493 e.